The number of halogens is 2. The molecule has 0 saturated heterocycles. The van der Waals surface area contributed by atoms with Crippen molar-refractivity contribution in [1.82, 2.24) is 9.78 Å². The van der Waals surface area contributed by atoms with Gasteiger partial charge in [-0.05, 0) is 48.0 Å². The van der Waals surface area contributed by atoms with Gasteiger partial charge in [-0.1, -0.05) is 30.3 Å². The lowest BCUT2D eigenvalue weighted by atomic mass is 10.0. The molecule has 0 bridgehead atoms. The zero-order valence-corrected chi connectivity index (χ0v) is 14.7. The van der Waals surface area contributed by atoms with Gasteiger partial charge in [0.25, 0.3) is 5.56 Å². The summed E-state index contributed by atoms with van der Waals surface area (Å²) in [5.74, 6) is -0.842. The number of nitrogens with zero attached hydrogens (tertiary/aromatic N) is 2. The van der Waals surface area contributed by atoms with Crippen molar-refractivity contribution in [1.29, 1.82) is 0 Å². The molecule has 4 rings (SSSR count). The quantitative estimate of drug-likeness (QED) is 0.582. The van der Waals surface area contributed by atoms with E-state index in [1.165, 1.54) is 30.3 Å². The minimum absolute atomic E-state index is 0.138. The smallest absolute Gasteiger partial charge is 0.274 e. The van der Waals surface area contributed by atoms with Gasteiger partial charge < -0.3 is 5.11 Å². The molecule has 0 saturated carbocycles. The maximum atomic E-state index is 13.4. The molecule has 4 aromatic rings. The molecule has 0 amide bonds. The second-order valence-corrected chi connectivity index (χ2v) is 6.46. The van der Waals surface area contributed by atoms with Gasteiger partial charge in [-0.3, -0.25) is 4.79 Å². The van der Waals surface area contributed by atoms with Crippen molar-refractivity contribution in [2.75, 3.05) is 0 Å². The lowest BCUT2D eigenvalue weighted by Gasteiger charge is -2.15. The highest BCUT2D eigenvalue weighted by atomic mass is 19.1. The van der Waals surface area contributed by atoms with Crippen LogP contribution in [0.3, 0.4) is 0 Å². The highest BCUT2D eigenvalue weighted by Gasteiger charge is 2.16. The Hall–Kier alpha value is -3.38. The Labute approximate surface area is 159 Å². The second-order valence-electron chi connectivity index (χ2n) is 6.46. The molecule has 1 aromatic heterocycles. The van der Waals surface area contributed by atoms with Gasteiger partial charge in [-0.15, -0.1) is 0 Å². The maximum absolute atomic E-state index is 13.4. The summed E-state index contributed by atoms with van der Waals surface area (Å²) in [5.41, 5.74) is 1.13. The summed E-state index contributed by atoms with van der Waals surface area (Å²) in [6, 6.07) is 18.4. The lowest BCUT2D eigenvalue weighted by Crippen LogP contribution is -2.26. The summed E-state index contributed by atoms with van der Waals surface area (Å²) < 4.78 is 27.9. The first-order valence-electron chi connectivity index (χ1n) is 8.72. The SMILES string of the molecule is O=c1c2ccccc2c(-c2ccc(F)cc2)nn1CC(O)c1cccc(F)c1. The third-order valence-corrected chi connectivity index (χ3v) is 4.56. The number of hydrogen-bond donors (Lipinski definition) is 1. The van der Waals surface area contributed by atoms with Crippen LogP contribution in [-0.4, -0.2) is 14.9 Å². The molecular weight excluding hydrogens is 362 g/mol. The van der Waals surface area contributed by atoms with Crippen molar-refractivity contribution in [3.8, 4) is 11.3 Å². The Morgan fingerprint density at radius 3 is 2.32 bits per heavy atom. The molecule has 28 heavy (non-hydrogen) atoms. The maximum Gasteiger partial charge on any atom is 0.274 e. The van der Waals surface area contributed by atoms with E-state index in [1.54, 1.807) is 42.5 Å². The molecule has 0 fully saturated rings. The van der Waals surface area contributed by atoms with E-state index in [0.29, 0.717) is 27.6 Å². The first-order valence-corrected chi connectivity index (χ1v) is 8.72. The van der Waals surface area contributed by atoms with Crippen LogP contribution in [0.25, 0.3) is 22.0 Å². The van der Waals surface area contributed by atoms with E-state index in [0.717, 1.165) is 4.68 Å². The van der Waals surface area contributed by atoms with Gasteiger partial charge in [0.05, 0.1) is 23.7 Å². The van der Waals surface area contributed by atoms with E-state index >= 15 is 0 Å². The predicted molar refractivity (Wildman–Crippen MR) is 103 cm³/mol. The molecular formula is C22H16F2N2O2. The molecule has 0 aliphatic heterocycles. The van der Waals surface area contributed by atoms with Crippen molar-refractivity contribution in [3.63, 3.8) is 0 Å². The largest absolute Gasteiger partial charge is 0.386 e. The number of hydrogen-bond acceptors (Lipinski definition) is 3. The van der Waals surface area contributed by atoms with E-state index in [4.69, 9.17) is 0 Å². The summed E-state index contributed by atoms with van der Waals surface area (Å²) in [5, 5.41) is 16.0. The molecule has 0 radical (unpaired) electrons. The normalized spacial score (nSPS) is 12.2. The van der Waals surface area contributed by atoms with Crippen LogP contribution in [0.4, 0.5) is 8.78 Å². The van der Waals surface area contributed by atoms with Crippen LogP contribution in [0, 0.1) is 11.6 Å². The van der Waals surface area contributed by atoms with Crippen LogP contribution in [0.5, 0.6) is 0 Å². The summed E-state index contributed by atoms with van der Waals surface area (Å²) >= 11 is 0. The summed E-state index contributed by atoms with van der Waals surface area (Å²) in [6.07, 6.45) is -1.11. The molecule has 1 N–H and O–H groups in total. The third kappa shape index (κ3) is 3.42. The van der Waals surface area contributed by atoms with Crippen molar-refractivity contribution >= 4 is 10.8 Å². The highest BCUT2D eigenvalue weighted by molar-refractivity contribution is 5.93. The van der Waals surface area contributed by atoms with Crippen molar-refractivity contribution in [3.05, 3.63) is 100 Å². The average Bonchev–Trinajstić information content (AvgIpc) is 2.71. The molecule has 3 aromatic carbocycles. The molecule has 4 nitrogen and oxygen atoms in total. The third-order valence-electron chi connectivity index (χ3n) is 4.56. The van der Waals surface area contributed by atoms with Crippen molar-refractivity contribution in [2.45, 2.75) is 12.6 Å². The van der Waals surface area contributed by atoms with Crippen LogP contribution in [0.15, 0.2) is 77.6 Å². The molecule has 1 heterocycles. The van der Waals surface area contributed by atoms with Gasteiger partial charge >= 0.3 is 0 Å². The van der Waals surface area contributed by atoms with Gasteiger partial charge in [-0.2, -0.15) is 5.10 Å². The van der Waals surface area contributed by atoms with E-state index in [1.807, 2.05) is 0 Å². The number of benzene rings is 3. The second kappa shape index (κ2) is 7.32. The molecule has 0 spiro atoms. The molecule has 0 aliphatic rings. The topological polar surface area (TPSA) is 55.1 Å². The van der Waals surface area contributed by atoms with Gasteiger partial charge in [0.2, 0.25) is 0 Å². The minimum atomic E-state index is -1.11. The molecule has 1 unspecified atom stereocenters. The van der Waals surface area contributed by atoms with Crippen molar-refractivity contribution < 1.29 is 13.9 Å². The van der Waals surface area contributed by atoms with Crippen LogP contribution in [-0.2, 0) is 6.54 Å². The zero-order valence-electron chi connectivity index (χ0n) is 14.7. The minimum Gasteiger partial charge on any atom is -0.386 e. The molecule has 0 aliphatic carbocycles. The summed E-state index contributed by atoms with van der Waals surface area (Å²) in [6.45, 7) is -0.138. The fourth-order valence-corrected chi connectivity index (χ4v) is 3.16. The van der Waals surface area contributed by atoms with Crippen molar-refractivity contribution in [2.24, 2.45) is 0 Å². The van der Waals surface area contributed by atoms with E-state index < -0.39 is 11.9 Å². The Balaban J connectivity index is 1.83. The Morgan fingerprint density at radius 1 is 0.893 bits per heavy atom. The number of aliphatic hydroxyl groups is 1. The van der Waals surface area contributed by atoms with E-state index in [9.17, 15) is 18.7 Å². The van der Waals surface area contributed by atoms with Gasteiger partial charge in [0, 0.05) is 10.9 Å². The Kier molecular flexibility index (Phi) is 4.71. The van der Waals surface area contributed by atoms with Gasteiger partial charge in [0.15, 0.2) is 0 Å². The number of fused-ring (bicyclic) bond motifs is 1. The zero-order chi connectivity index (χ0) is 19.7. The molecule has 1 atom stereocenters. The fourth-order valence-electron chi connectivity index (χ4n) is 3.16. The Morgan fingerprint density at radius 2 is 1.61 bits per heavy atom. The summed E-state index contributed by atoms with van der Waals surface area (Å²) in [7, 11) is 0. The number of aromatic nitrogens is 2. The van der Waals surface area contributed by atoms with Crippen LogP contribution >= 0.6 is 0 Å². The first kappa shape index (κ1) is 18.0. The number of aliphatic hydroxyl groups excluding tert-OH is 1. The highest BCUT2D eigenvalue weighted by Crippen LogP contribution is 2.25. The lowest BCUT2D eigenvalue weighted by molar-refractivity contribution is 0.149. The fraction of sp³-hybridized carbons (Fsp3) is 0.0909. The van der Waals surface area contributed by atoms with E-state index in [2.05, 4.69) is 5.10 Å². The molecule has 6 heteroatoms. The summed E-state index contributed by atoms with van der Waals surface area (Å²) in [4.78, 5) is 12.9. The standard InChI is InChI=1S/C22H16F2N2O2/c23-16-10-8-14(9-11-16)21-18-6-1-2-7-19(18)22(28)26(25-21)13-20(27)15-4-3-5-17(24)12-15/h1-12,20,27H,13H2. The monoisotopic (exact) mass is 378 g/mol. The predicted octanol–water partition coefficient (Wildman–Crippen LogP) is 4.08. The number of rotatable bonds is 4. The first-order chi connectivity index (χ1) is 13.5. The average molecular weight is 378 g/mol. The van der Waals surface area contributed by atoms with Crippen LogP contribution < -0.4 is 5.56 Å². The molecule has 140 valence electrons. The van der Waals surface area contributed by atoms with E-state index in [-0.39, 0.29) is 17.9 Å². The van der Waals surface area contributed by atoms with Crippen LogP contribution in [0.2, 0.25) is 0 Å². The Bertz CT molecular complexity index is 1200. The van der Waals surface area contributed by atoms with Gasteiger partial charge in [-0.25, -0.2) is 13.5 Å². The van der Waals surface area contributed by atoms with Crippen LogP contribution in [0.1, 0.15) is 11.7 Å². The van der Waals surface area contributed by atoms with Gasteiger partial charge in [0.1, 0.15) is 11.6 Å².